The molecular weight excluding hydrogens is 412 g/mol. The first-order chi connectivity index (χ1) is 13.3. The molecule has 0 aliphatic carbocycles. The van der Waals surface area contributed by atoms with Gasteiger partial charge in [0.2, 0.25) is 0 Å². The van der Waals surface area contributed by atoms with E-state index in [9.17, 15) is 24.8 Å². The van der Waals surface area contributed by atoms with Gasteiger partial charge in [0, 0.05) is 18.6 Å². The maximum absolute atomic E-state index is 12.3. The van der Waals surface area contributed by atoms with Crippen LogP contribution in [-0.2, 0) is 16.1 Å². The normalized spacial score (nSPS) is 11.4. The van der Waals surface area contributed by atoms with Gasteiger partial charge in [-0.15, -0.1) is 0 Å². The molecule has 1 aromatic carbocycles. The van der Waals surface area contributed by atoms with Crippen molar-refractivity contribution in [3.63, 3.8) is 0 Å². The number of hydrogen-bond acceptors (Lipinski definition) is 9. The Hall–Kier alpha value is -2.34. The summed E-state index contributed by atoms with van der Waals surface area (Å²) in [6.07, 6.45) is -0.904. The number of benzene rings is 1. The monoisotopic (exact) mass is 434 g/mol. The van der Waals surface area contributed by atoms with Crippen LogP contribution in [0.2, 0.25) is 0 Å². The number of nitrogens with zero attached hydrogens (tertiary/aromatic N) is 2. The molecule has 10 nitrogen and oxygen atoms in total. The highest BCUT2D eigenvalue weighted by molar-refractivity contribution is 8.76. The van der Waals surface area contributed by atoms with Crippen molar-refractivity contribution >= 4 is 39.3 Å². The van der Waals surface area contributed by atoms with E-state index in [4.69, 9.17) is 14.2 Å². The topological polar surface area (TPSA) is 128 Å². The quantitative estimate of drug-likeness (QED) is 0.240. The number of carboxylic acid groups (broad SMARTS) is 1. The second kappa shape index (κ2) is 11.5. The lowest BCUT2D eigenvalue weighted by Gasteiger charge is -2.23. The van der Waals surface area contributed by atoms with E-state index in [1.165, 1.54) is 55.0 Å². The van der Waals surface area contributed by atoms with Crippen LogP contribution >= 0.6 is 21.6 Å². The first-order valence-electron chi connectivity index (χ1n) is 8.02. The fourth-order valence-corrected chi connectivity index (χ4v) is 4.04. The van der Waals surface area contributed by atoms with Gasteiger partial charge < -0.3 is 19.3 Å². The molecule has 0 aliphatic heterocycles. The molecule has 1 aromatic rings. The molecule has 156 valence electrons. The summed E-state index contributed by atoms with van der Waals surface area (Å²) in [5, 5.41) is 20.6. The third-order valence-corrected chi connectivity index (χ3v) is 6.07. The molecule has 28 heavy (non-hydrogen) atoms. The summed E-state index contributed by atoms with van der Waals surface area (Å²) in [4.78, 5) is 35.3. The number of nitro groups is 1. The minimum atomic E-state index is -1.17. The van der Waals surface area contributed by atoms with Crippen molar-refractivity contribution in [3.8, 4) is 11.5 Å². The van der Waals surface area contributed by atoms with Gasteiger partial charge in [0.05, 0.1) is 30.8 Å². The van der Waals surface area contributed by atoms with Crippen molar-refractivity contribution in [2.75, 3.05) is 32.8 Å². The summed E-state index contributed by atoms with van der Waals surface area (Å²) in [6.45, 7) is 1.50. The second-order valence-electron chi connectivity index (χ2n) is 5.30. The van der Waals surface area contributed by atoms with Crippen LogP contribution in [0, 0.1) is 10.1 Å². The minimum Gasteiger partial charge on any atom is -0.493 e. The van der Waals surface area contributed by atoms with Crippen LogP contribution < -0.4 is 9.47 Å². The van der Waals surface area contributed by atoms with Crippen molar-refractivity contribution in [3.05, 3.63) is 27.8 Å². The first-order valence-corrected chi connectivity index (χ1v) is 10.5. The lowest BCUT2D eigenvalue weighted by atomic mass is 10.1. The van der Waals surface area contributed by atoms with Crippen LogP contribution in [0.25, 0.3) is 0 Å². The van der Waals surface area contributed by atoms with Crippen LogP contribution in [0.4, 0.5) is 10.5 Å². The molecule has 12 heteroatoms. The summed E-state index contributed by atoms with van der Waals surface area (Å²) < 4.78 is 15.2. The average Bonchev–Trinajstić information content (AvgIpc) is 2.67. The Morgan fingerprint density at radius 3 is 2.36 bits per heavy atom. The van der Waals surface area contributed by atoms with E-state index in [0.29, 0.717) is 0 Å². The molecule has 1 N–H and O–H groups in total. The summed E-state index contributed by atoms with van der Waals surface area (Å²) in [5.41, 5.74) is -0.218. The molecule has 0 unspecified atom stereocenters. The number of carboxylic acids is 1. The molecule has 1 rings (SSSR count). The molecule has 0 radical (unpaired) electrons. The second-order valence-corrected chi connectivity index (χ2v) is 8.10. The average molecular weight is 434 g/mol. The predicted octanol–water partition coefficient (Wildman–Crippen LogP) is 3.03. The highest BCUT2D eigenvalue weighted by Crippen LogP contribution is 2.35. The van der Waals surface area contributed by atoms with Crippen LogP contribution in [-0.4, -0.2) is 65.8 Å². The van der Waals surface area contributed by atoms with Crippen LogP contribution in [0.3, 0.4) is 0 Å². The van der Waals surface area contributed by atoms with E-state index in [1.54, 1.807) is 0 Å². The summed E-state index contributed by atoms with van der Waals surface area (Å²) in [7, 11) is 6.83. The number of nitro benzene ring substituents is 1. The third kappa shape index (κ3) is 6.37. The summed E-state index contributed by atoms with van der Waals surface area (Å²) in [5.74, 6) is 0.215. The molecule has 0 saturated carbocycles. The number of likely N-dealkylation sites (N-methyl/N-ethyl adjacent to an activating group) is 1. The smallest absolute Gasteiger partial charge is 0.410 e. The van der Waals surface area contributed by atoms with Gasteiger partial charge in [0.25, 0.3) is 5.69 Å². The summed E-state index contributed by atoms with van der Waals surface area (Å²) >= 11 is 0. The largest absolute Gasteiger partial charge is 0.493 e. The lowest BCUT2D eigenvalue weighted by molar-refractivity contribution is -0.385. The predicted molar refractivity (Wildman–Crippen MR) is 106 cm³/mol. The maximum Gasteiger partial charge on any atom is 0.410 e. The SMILES string of the molecule is CCSSC[C@@H](C(=O)O)N(C)C(=O)OCc1cc(OC)c(OC)cc1[N+](=O)[O-]. The number of hydrogen-bond donors (Lipinski definition) is 1. The molecule has 0 saturated heterocycles. The molecule has 0 aliphatic rings. The Labute approximate surface area is 170 Å². The number of methoxy groups -OCH3 is 2. The van der Waals surface area contributed by atoms with E-state index in [0.717, 1.165) is 10.7 Å². The minimum absolute atomic E-state index is 0.0900. The first kappa shape index (κ1) is 23.7. The van der Waals surface area contributed by atoms with Gasteiger partial charge in [-0.2, -0.15) is 0 Å². The number of carbonyl (C=O) groups is 2. The van der Waals surface area contributed by atoms with Crippen molar-refractivity contribution in [1.29, 1.82) is 0 Å². The molecular formula is C16H22N2O8S2. The van der Waals surface area contributed by atoms with Crippen molar-refractivity contribution < 1.29 is 33.8 Å². The standard InChI is InChI=1S/C16H22N2O8S2/c1-5-27-28-9-12(15(19)20)17(2)16(21)26-8-10-6-13(24-3)14(25-4)7-11(10)18(22)23/h6-7,12H,5,8-9H2,1-4H3,(H,19,20)/t12-/m0/s1. The molecule has 0 fully saturated rings. The van der Waals surface area contributed by atoms with E-state index >= 15 is 0 Å². The fourth-order valence-electron chi connectivity index (χ4n) is 2.11. The number of aliphatic carboxylic acids is 1. The molecule has 0 heterocycles. The van der Waals surface area contributed by atoms with Crippen molar-refractivity contribution in [1.82, 2.24) is 4.90 Å². The number of rotatable bonds is 11. The molecule has 0 aromatic heterocycles. The number of carbonyl (C=O) groups excluding carboxylic acids is 1. The van der Waals surface area contributed by atoms with Crippen molar-refractivity contribution in [2.45, 2.75) is 19.6 Å². The Morgan fingerprint density at radius 1 is 1.25 bits per heavy atom. The Morgan fingerprint density at radius 2 is 1.86 bits per heavy atom. The highest BCUT2D eigenvalue weighted by atomic mass is 33.1. The van der Waals surface area contributed by atoms with Crippen molar-refractivity contribution in [2.24, 2.45) is 0 Å². The third-order valence-electron chi connectivity index (χ3n) is 3.60. The molecule has 0 spiro atoms. The zero-order chi connectivity index (χ0) is 21.3. The van der Waals surface area contributed by atoms with E-state index in [2.05, 4.69) is 0 Å². The Kier molecular flexibility index (Phi) is 9.73. The van der Waals surface area contributed by atoms with Gasteiger partial charge >= 0.3 is 12.1 Å². The zero-order valence-electron chi connectivity index (χ0n) is 15.9. The Balaban J connectivity index is 2.93. The fraction of sp³-hybridized carbons (Fsp3) is 0.500. The molecule has 0 bridgehead atoms. The van der Waals surface area contributed by atoms with Gasteiger partial charge in [0.1, 0.15) is 12.6 Å². The zero-order valence-corrected chi connectivity index (χ0v) is 17.5. The van der Waals surface area contributed by atoms with Crippen LogP contribution in [0.15, 0.2) is 12.1 Å². The molecule has 1 amide bonds. The van der Waals surface area contributed by atoms with E-state index in [1.807, 2.05) is 6.92 Å². The van der Waals surface area contributed by atoms with Gasteiger partial charge in [-0.05, 0) is 6.07 Å². The highest BCUT2D eigenvalue weighted by Gasteiger charge is 2.28. The van der Waals surface area contributed by atoms with E-state index in [-0.39, 0.29) is 28.5 Å². The van der Waals surface area contributed by atoms with Gasteiger partial charge in [-0.25, -0.2) is 9.59 Å². The van der Waals surface area contributed by atoms with Gasteiger partial charge in [0.15, 0.2) is 11.5 Å². The number of amides is 1. The number of ether oxygens (including phenoxy) is 3. The van der Waals surface area contributed by atoms with Gasteiger partial charge in [-0.1, -0.05) is 28.5 Å². The Bertz CT molecular complexity index is 716. The summed E-state index contributed by atoms with van der Waals surface area (Å²) in [6, 6.07) is 1.42. The lowest BCUT2D eigenvalue weighted by Crippen LogP contribution is -2.44. The van der Waals surface area contributed by atoms with Gasteiger partial charge in [-0.3, -0.25) is 15.0 Å². The van der Waals surface area contributed by atoms with E-state index < -0.39 is 29.6 Å². The molecule has 1 atom stereocenters. The van der Waals surface area contributed by atoms with Crippen LogP contribution in [0.5, 0.6) is 11.5 Å². The maximum atomic E-state index is 12.3. The van der Waals surface area contributed by atoms with Crippen LogP contribution in [0.1, 0.15) is 12.5 Å².